The molecule has 0 saturated heterocycles. The molecule has 1 N–H and O–H groups in total. The number of carbonyl (C=O) groups is 1. The van der Waals surface area contributed by atoms with Gasteiger partial charge < -0.3 is 15.0 Å². The lowest BCUT2D eigenvalue weighted by Gasteiger charge is -2.16. The van der Waals surface area contributed by atoms with Crippen molar-refractivity contribution in [2.75, 3.05) is 30.9 Å². The van der Waals surface area contributed by atoms with Crippen molar-refractivity contribution in [2.24, 2.45) is 0 Å². The van der Waals surface area contributed by atoms with E-state index >= 15 is 0 Å². The maximum Gasteiger partial charge on any atom is 0.262 e. The van der Waals surface area contributed by atoms with Crippen LogP contribution in [0, 0.1) is 12.7 Å². The second kappa shape index (κ2) is 7.46. The Kier molecular flexibility index (Phi) is 5.60. The van der Waals surface area contributed by atoms with E-state index in [4.69, 9.17) is 4.74 Å². The highest BCUT2D eigenvalue weighted by molar-refractivity contribution is 9.10. The molecule has 0 atom stereocenters. The number of hydrogen-bond acceptors (Lipinski definition) is 3. The van der Waals surface area contributed by atoms with Crippen LogP contribution in [0.1, 0.15) is 5.56 Å². The molecule has 0 aliphatic heterocycles. The van der Waals surface area contributed by atoms with Gasteiger partial charge in [0.2, 0.25) is 0 Å². The number of hydrogen-bond donors (Lipinski definition) is 1. The molecule has 2 aromatic carbocycles. The van der Waals surface area contributed by atoms with Gasteiger partial charge in [-0.3, -0.25) is 4.79 Å². The molecule has 0 aliphatic carbocycles. The minimum Gasteiger partial charge on any atom is -0.481 e. The molecule has 0 saturated carbocycles. The van der Waals surface area contributed by atoms with E-state index < -0.39 is 5.82 Å². The highest BCUT2D eigenvalue weighted by Gasteiger charge is 2.09. The van der Waals surface area contributed by atoms with Crippen LogP contribution in [0.15, 0.2) is 40.9 Å². The fraction of sp³-hybridized carbons (Fsp3) is 0.235. The summed E-state index contributed by atoms with van der Waals surface area (Å²) in [6.07, 6.45) is 0. The molecular formula is C17H18BrFN2O2. The summed E-state index contributed by atoms with van der Waals surface area (Å²) in [5.74, 6) is -0.815. The van der Waals surface area contributed by atoms with Crippen LogP contribution in [0.3, 0.4) is 0 Å². The molecule has 0 bridgehead atoms. The fourth-order valence-corrected chi connectivity index (χ4v) is 2.50. The van der Waals surface area contributed by atoms with Crippen LogP contribution < -0.4 is 15.0 Å². The number of ether oxygens (including phenoxy) is 1. The normalized spacial score (nSPS) is 10.3. The summed E-state index contributed by atoms with van der Waals surface area (Å²) in [4.78, 5) is 13.9. The fourth-order valence-electron chi connectivity index (χ4n) is 2.17. The standard InChI is InChI=1S/C17H18BrFN2O2/c1-11-8-13(5-6-15(11)21(2)3)20-17(22)10-23-16-7-4-12(18)9-14(16)19/h4-9H,10H2,1-3H3,(H,20,22). The maximum absolute atomic E-state index is 13.6. The van der Waals surface area contributed by atoms with Gasteiger partial charge in [0, 0.05) is 29.9 Å². The quantitative estimate of drug-likeness (QED) is 0.852. The van der Waals surface area contributed by atoms with Gasteiger partial charge in [-0.05, 0) is 48.9 Å². The summed E-state index contributed by atoms with van der Waals surface area (Å²) < 4.78 is 19.4. The van der Waals surface area contributed by atoms with Crippen molar-refractivity contribution in [3.8, 4) is 5.75 Å². The first-order valence-electron chi connectivity index (χ1n) is 7.02. The van der Waals surface area contributed by atoms with Crippen LogP contribution in [0.4, 0.5) is 15.8 Å². The monoisotopic (exact) mass is 380 g/mol. The van der Waals surface area contributed by atoms with Crippen molar-refractivity contribution in [3.05, 3.63) is 52.3 Å². The van der Waals surface area contributed by atoms with Crippen LogP contribution in [-0.4, -0.2) is 26.6 Å². The summed E-state index contributed by atoms with van der Waals surface area (Å²) in [5.41, 5.74) is 2.81. The molecule has 0 aliphatic rings. The van der Waals surface area contributed by atoms with Crippen molar-refractivity contribution in [3.63, 3.8) is 0 Å². The Bertz CT molecular complexity index is 720. The summed E-state index contributed by atoms with van der Waals surface area (Å²) in [6.45, 7) is 1.71. The number of rotatable bonds is 5. The van der Waals surface area contributed by atoms with E-state index in [1.807, 2.05) is 44.1 Å². The lowest BCUT2D eigenvalue weighted by atomic mass is 10.1. The third-order valence-electron chi connectivity index (χ3n) is 3.22. The first-order chi connectivity index (χ1) is 10.9. The average molecular weight is 381 g/mol. The molecule has 1 amide bonds. The zero-order valence-electron chi connectivity index (χ0n) is 13.2. The number of amides is 1. The lowest BCUT2D eigenvalue weighted by Crippen LogP contribution is -2.20. The van der Waals surface area contributed by atoms with Crippen molar-refractivity contribution in [2.45, 2.75) is 6.92 Å². The number of benzene rings is 2. The Balaban J connectivity index is 1.96. The SMILES string of the molecule is Cc1cc(NC(=O)COc2ccc(Br)cc2F)ccc1N(C)C. The smallest absolute Gasteiger partial charge is 0.262 e. The molecule has 6 heteroatoms. The van der Waals surface area contributed by atoms with Gasteiger partial charge in [0.1, 0.15) is 0 Å². The molecular weight excluding hydrogens is 363 g/mol. The van der Waals surface area contributed by atoms with Crippen LogP contribution in [-0.2, 0) is 4.79 Å². The highest BCUT2D eigenvalue weighted by Crippen LogP contribution is 2.23. The first-order valence-corrected chi connectivity index (χ1v) is 7.82. The summed E-state index contributed by atoms with van der Waals surface area (Å²) in [5, 5.41) is 2.74. The minimum absolute atomic E-state index is 0.0440. The molecule has 2 aromatic rings. The average Bonchev–Trinajstić information content (AvgIpc) is 2.46. The second-order valence-electron chi connectivity index (χ2n) is 5.31. The molecule has 122 valence electrons. The molecule has 0 radical (unpaired) electrons. The van der Waals surface area contributed by atoms with Crippen molar-refractivity contribution in [1.29, 1.82) is 0 Å². The molecule has 0 fully saturated rings. The largest absolute Gasteiger partial charge is 0.481 e. The van der Waals surface area contributed by atoms with Gasteiger partial charge in [0.15, 0.2) is 18.2 Å². The Morgan fingerprint density at radius 2 is 2.00 bits per heavy atom. The molecule has 4 nitrogen and oxygen atoms in total. The van der Waals surface area contributed by atoms with Gasteiger partial charge in [0.25, 0.3) is 5.91 Å². The highest BCUT2D eigenvalue weighted by atomic mass is 79.9. The number of anilines is 2. The van der Waals surface area contributed by atoms with Crippen molar-refractivity contribution >= 4 is 33.2 Å². The number of nitrogens with one attached hydrogen (secondary N) is 1. The van der Waals surface area contributed by atoms with E-state index in [1.54, 1.807) is 6.07 Å². The number of aryl methyl sites for hydroxylation is 1. The molecule has 0 unspecified atom stereocenters. The topological polar surface area (TPSA) is 41.6 Å². The van der Waals surface area contributed by atoms with Gasteiger partial charge in [-0.1, -0.05) is 15.9 Å². The molecule has 0 heterocycles. The Labute approximate surface area is 143 Å². The predicted molar refractivity (Wildman–Crippen MR) is 93.7 cm³/mol. The van der Waals surface area contributed by atoms with Crippen LogP contribution in [0.2, 0.25) is 0 Å². The van der Waals surface area contributed by atoms with Crippen molar-refractivity contribution < 1.29 is 13.9 Å². The molecule has 2 rings (SSSR count). The van der Waals surface area contributed by atoms with Crippen LogP contribution in [0.25, 0.3) is 0 Å². The zero-order valence-corrected chi connectivity index (χ0v) is 14.8. The number of carbonyl (C=O) groups excluding carboxylic acids is 1. The summed E-state index contributed by atoms with van der Waals surface area (Å²) in [7, 11) is 3.92. The van der Waals surface area contributed by atoms with E-state index in [-0.39, 0.29) is 18.3 Å². The minimum atomic E-state index is -0.515. The van der Waals surface area contributed by atoms with E-state index in [2.05, 4.69) is 21.2 Å². The summed E-state index contributed by atoms with van der Waals surface area (Å²) >= 11 is 3.16. The Hall–Kier alpha value is -2.08. The molecule has 0 spiro atoms. The third kappa shape index (κ3) is 4.69. The third-order valence-corrected chi connectivity index (χ3v) is 3.71. The van der Waals surface area contributed by atoms with Gasteiger partial charge >= 0.3 is 0 Å². The number of nitrogens with zero attached hydrogens (tertiary/aromatic N) is 1. The molecule has 0 aromatic heterocycles. The number of halogens is 2. The Morgan fingerprint density at radius 3 is 2.61 bits per heavy atom. The van der Waals surface area contributed by atoms with Gasteiger partial charge in [-0.15, -0.1) is 0 Å². The van der Waals surface area contributed by atoms with E-state index in [0.29, 0.717) is 10.2 Å². The maximum atomic E-state index is 13.6. The first kappa shape index (κ1) is 17.3. The van der Waals surface area contributed by atoms with Crippen LogP contribution >= 0.6 is 15.9 Å². The van der Waals surface area contributed by atoms with Gasteiger partial charge in [-0.2, -0.15) is 0 Å². The second-order valence-corrected chi connectivity index (χ2v) is 6.22. The van der Waals surface area contributed by atoms with E-state index in [9.17, 15) is 9.18 Å². The van der Waals surface area contributed by atoms with E-state index in [0.717, 1.165) is 11.3 Å². The zero-order chi connectivity index (χ0) is 17.0. The molecule has 23 heavy (non-hydrogen) atoms. The Morgan fingerprint density at radius 1 is 1.26 bits per heavy atom. The lowest BCUT2D eigenvalue weighted by molar-refractivity contribution is -0.118. The predicted octanol–water partition coefficient (Wildman–Crippen LogP) is 3.98. The van der Waals surface area contributed by atoms with E-state index in [1.165, 1.54) is 12.1 Å². The van der Waals surface area contributed by atoms with Gasteiger partial charge in [-0.25, -0.2) is 4.39 Å². The van der Waals surface area contributed by atoms with Crippen LogP contribution in [0.5, 0.6) is 5.75 Å². The van der Waals surface area contributed by atoms with Gasteiger partial charge in [0.05, 0.1) is 0 Å². The summed E-state index contributed by atoms with van der Waals surface area (Å²) in [6, 6.07) is 10.0. The van der Waals surface area contributed by atoms with Crippen molar-refractivity contribution in [1.82, 2.24) is 0 Å².